The van der Waals surface area contributed by atoms with Crippen LogP contribution in [0.5, 0.6) is 0 Å². The van der Waals surface area contributed by atoms with E-state index in [0.29, 0.717) is 17.8 Å². The zero-order chi connectivity index (χ0) is 16.4. The van der Waals surface area contributed by atoms with Crippen molar-refractivity contribution in [2.45, 2.75) is 28.7 Å². The molecule has 2 heterocycles. The molecule has 0 aliphatic carbocycles. The molecule has 0 unspecified atom stereocenters. The van der Waals surface area contributed by atoms with Gasteiger partial charge in [0.15, 0.2) is 0 Å². The third-order valence-electron chi connectivity index (χ3n) is 3.05. The summed E-state index contributed by atoms with van der Waals surface area (Å²) in [6.07, 6.45) is 0. The van der Waals surface area contributed by atoms with Crippen LogP contribution in [-0.4, -0.2) is 31.6 Å². The van der Waals surface area contributed by atoms with E-state index < -0.39 is 26.0 Å². The van der Waals surface area contributed by atoms with E-state index in [2.05, 4.69) is 27.0 Å². The third kappa shape index (κ3) is 4.25. The van der Waals surface area contributed by atoms with Crippen molar-refractivity contribution in [3.63, 3.8) is 0 Å². The minimum atomic E-state index is -3.16. The Labute approximate surface area is 145 Å². The molecule has 0 saturated heterocycles. The first kappa shape index (κ1) is 18.7. The quantitative estimate of drug-likeness (QED) is 0.431. The molecule has 2 rings (SSSR count). The molecule has 0 aliphatic rings. The molecule has 0 atom stereocenters. The van der Waals surface area contributed by atoms with Gasteiger partial charge in [0.25, 0.3) is 0 Å². The molecule has 2 aromatic rings. The van der Waals surface area contributed by atoms with Gasteiger partial charge in [0.1, 0.15) is 0 Å². The van der Waals surface area contributed by atoms with Crippen LogP contribution in [0, 0.1) is 0 Å². The monoisotopic (exact) mass is 466 g/mol. The summed E-state index contributed by atoms with van der Waals surface area (Å²) in [6, 6.07) is 8.36. The van der Waals surface area contributed by atoms with Crippen LogP contribution in [0.3, 0.4) is 0 Å². The zero-order valence-corrected chi connectivity index (χ0v) is 19.1. The zero-order valence-electron chi connectivity index (χ0n) is 13.7. The van der Waals surface area contributed by atoms with Gasteiger partial charge in [0.05, 0.1) is 0 Å². The number of hydrogen-bond acceptors (Lipinski definition) is 5. The first-order valence-corrected chi connectivity index (χ1v) is 20.6. The molecule has 22 heavy (non-hydrogen) atoms. The van der Waals surface area contributed by atoms with Crippen LogP contribution in [0.2, 0.25) is 14.8 Å². The number of thiophene rings is 2. The van der Waals surface area contributed by atoms with E-state index in [-0.39, 0.29) is 0 Å². The summed E-state index contributed by atoms with van der Waals surface area (Å²) in [5.74, 6) is 0. The Morgan fingerprint density at radius 3 is 2.00 bits per heavy atom. The Bertz CT molecular complexity index is 662. The normalized spacial score (nSPS) is 12.8. The van der Waals surface area contributed by atoms with Crippen molar-refractivity contribution in [1.29, 1.82) is 0 Å². The van der Waals surface area contributed by atoms with Crippen LogP contribution in [0.1, 0.15) is 13.8 Å². The van der Waals surface area contributed by atoms with Crippen molar-refractivity contribution in [2.24, 2.45) is 0 Å². The summed E-state index contributed by atoms with van der Waals surface area (Å²) < 4.78 is 25.9. The molecule has 122 valence electrons. The van der Waals surface area contributed by atoms with Crippen molar-refractivity contribution in [2.75, 3.05) is 13.2 Å². The summed E-state index contributed by atoms with van der Waals surface area (Å²) in [7, 11) is -3.16. The van der Waals surface area contributed by atoms with Gasteiger partial charge in [-0.1, -0.05) is 0 Å². The molecule has 3 nitrogen and oxygen atoms in total. The van der Waals surface area contributed by atoms with E-state index in [9.17, 15) is 4.57 Å². The predicted molar refractivity (Wildman–Crippen MR) is 101 cm³/mol. The van der Waals surface area contributed by atoms with Crippen LogP contribution in [-0.2, 0) is 13.6 Å². The summed E-state index contributed by atoms with van der Waals surface area (Å²) >= 11 is 1.38. The fourth-order valence-electron chi connectivity index (χ4n) is 1.99. The summed E-state index contributed by atoms with van der Waals surface area (Å²) in [5, 5.41) is 0. The fraction of sp³-hybridized carbons (Fsp3) is 0.467. The van der Waals surface area contributed by atoms with Gasteiger partial charge in [-0.2, -0.15) is 0 Å². The second-order valence-corrected chi connectivity index (χ2v) is 25.8. The van der Waals surface area contributed by atoms with Gasteiger partial charge in [0, 0.05) is 0 Å². The third-order valence-corrected chi connectivity index (χ3v) is 17.5. The van der Waals surface area contributed by atoms with Gasteiger partial charge < -0.3 is 0 Å². The van der Waals surface area contributed by atoms with Crippen LogP contribution in [0.25, 0.3) is 9.75 Å². The standard InChI is InChI=1S/C12H14O3PS2.3CH3.Sn/c1-3-14-16(13,15-4-2)12-8-7-11(18-12)10-6-5-9-17-10;;;;/h5-8H,3-4H2,1-2H3;3*1H3;. The van der Waals surface area contributed by atoms with Gasteiger partial charge in [-0.3, -0.25) is 0 Å². The van der Waals surface area contributed by atoms with E-state index in [1.165, 1.54) is 16.2 Å². The van der Waals surface area contributed by atoms with Gasteiger partial charge in [-0.25, -0.2) is 0 Å². The van der Waals surface area contributed by atoms with Crippen molar-refractivity contribution < 1.29 is 13.6 Å². The Kier molecular flexibility index (Phi) is 6.36. The second kappa shape index (κ2) is 7.49. The van der Waals surface area contributed by atoms with Crippen molar-refractivity contribution in [3.05, 3.63) is 24.3 Å². The van der Waals surface area contributed by atoms with Crippen molar-refractivity contribution in [1.82, 2.24) is 0 Å². The molecule has 2 aromatic heterocycles. The van der Waals surface area contributed by atoms with E-state index in [1.54, 1.807) is 2.89 Å². The van der Waals surface area contributed by atoms with E-state index in [0.717, 1.165) is 4.88 Å². The van der Waals surface area contributed by atoms with Crippen LogP contribution >= 0.6 is 30.3 Å². The molecule has 0 N–H and O–H groups in total. The SMILES string of the molecule is CCOP(=O)(OCC)c1ccc(-c2cc[c]([Sn]([CH3])([CH3])[CH3])s2)s1. The molecule has 0 amide bonds. The van der Waals surface area contributed by atoms with Crippen LogP contribution in [0.4, 0.5) is 0 Å². The Hall–Kier alpha value is 0.349. The van der Waals surface area contributed by atoms with E-state index >= 15 is 0 Å². The van der Waals surface area contributed by atoms with Gasteiger partial charge in [-0.05, 0) is 0 Å². The number of hydrogen-bond donors (Lipinski definition) is 0. The Morgan fingerprint density at radius 2 is 1.50 bits per heavy atom. The maximum absolute atomic E-state index is 12.8. The fourth-order valence-corrected chi connectivity index (χ4v) is 11.4. The molecule has 0 saturated carbocycles. The predicted octanol–water partition coefficient (Wildman–Crippen LogP) is 4.91. The van der Waals surface area contributed by atoms with Crippen molar-refractivity contribution >= 4 is 56.2 Å². The van der Waals surface area contributed by atoms with Gasteiger partial charge in [-0.15, -0.1) is 0 Å². The first-order valence-electron chi connectivity index (χ1n) is 7.40. The molecular weight excluding hydrogens is 442 g/mol. The molecule has 0 aliphatic heterocycles. The average molecular weight is 465 g/mol. The Morgan fingerprint density at radius 1 is 0.955 bits per heavy atom. The summed E-state index contributed by atoms with van der Waals surface area (Å²) in [5.41, 5.74) is 0. The molecule has 0 fully saturated rings. The van der Waals surface area contributed by atoms with E-state index in [4.69, 9.17) is 9.05 Å². The summed E-state index contributed by atoms with van der Waals surface area (Å²) in [4.78, 5) is 9.65. The Balaban J connectivity index is 2.31. The van der Waals surface area contributed by atoms with Gasteiger partial charge in [0.2, 0.25) is 0 Å². The first-order chi connectivity index (χ1) is 10.3. The van der Waals surface area contributed by atoms with Crippen LogP contribution < -0.4 is 7.51 Å². The molecule has 0 aromatic carbocycles. The minimum absolute atomic E-state index is 0.381. The molecule has 0 bridgehead atoms. The van der Waals surface area contributed by atoms with Crippen molar-refractivity contribution in [3.8, 4) is 9.75 Å². The second-order valence-electron chi connectivity index (χ2n) is 5.88. The molecule has 0 spiro atoms. The van der Waals surface area contributed by atoms with Gasteiger partial charge >= 0.3 is 146 Å². The topological polar surface area (TPSA) is 35.5 Å². The van der Waals surface area contributed by atoms with E-state index in [1.807, 2.05) is 37.3 Å². The molecule has 0 radical (unpaired) electrons. The molecule has 7 heteroatoms. The number of rotatable bonds is 7. The summed E-state index contributed by atoms with van der Waals surface area (Å²) in [6.45, 7) is 4.43. The average Bonchev–Trinajstić information content (AvgIpc) is 3.08. The maximum atomic E-state index is 12.8. The van der Waals surface area contributed by atoms with Crippen LogP contribution in [0.15, 0.2) is 24.3 Å². The molecular formula is C15H23O3PS2Sn.